The highest BCUT2D eigenvalue weighted by Gasteiger charge is 2.09. The molecule has 0 aromatic heterocycles. The van der Waals surface area contributed by atoms with Crippen LogP contribution >= 0.6 is 0 Å². The van der Waals surface area contributed by atoms with Crippen molar-refractivity contribution in [3.63, 3.8) is 0 Å². The quantitative estimate of drug-likeness (QED) is 0.635. The lowest BCUT2D eigenvalue weighted by Gasteiger charge is -2.22. The van der Waals surface area contributed by atoms with Crippen LogP contribution in [-0.4, -0.2) is 29.3 Å². The average Bonchev–Trinajstić information content (AvgIpc) is 2.50. The van der Waals surface area contributed by atoms with Crippen LogP contribution in [0.15, 0.2) is 36.4 Å². The number of carbonyl (C=O) groups is 1. The number of benzene rings is 2. The summed E-state index contributed by atoms with van der Waals surface area (Å²) in [5.74, 6) is -0.241. The molecule has 2 aromatic carbocycles. The molecule has 25 heavy (non-hydrogen) atoms. The second-order valence-electron chi connectivity index (χ2n) is 5.49. The van der Waals surface area contributed by atoms with Crippen molar-refractivity contribution < 1.29 is 27.4 Å². The number of anilines is 3. The lowest BCUT2D eigenvalue weighted by Crippen LogP contribution is -3.00. The van der Waals surface area contributed by atoms with Crippen molar-refractivity contribution in [1.29, 1.82) is 0 Å². The number of aromatic hydroxyl groups is 2. The van der Waals surface area contributed by atoms with Gasteiger partial charge in [0.05, 0.1) is 0 Å². The van der Waals surface area contributed by atoms with E-state index in [0.717, 1.165) is 24.3 Å². The highest BCUT2D eigenvalue weighted by atomic mass is 35.5. The molecule has 0 bridgehead atoms. The smallest absolute Gasteiger partial charge is 0.323 e. The van der Waals surface area contributed by atoms with Crippen molar-refractivity contribution in [2.24, 2.45) is 0 Å². The van der Waals surface area contributed by atoms with E-state index in [1.807, 2.05) is 25.1 Å². The second-order valence-corrected chi connectivity index (χ2v) is 5.49. The summed E-state index contributed by atoms with van der Waals surface area (Å²) in [5.41, 5.74) is 3.07. The van der Waals surface area contributed by atoms with E-state index < -0.39 is 6.03 Å². The third kappa shape index (κ3) is 5.46. The van der Waals surface area contributed by atoms with E-state index in [4.69, 9.17) is 0 Å². The molecule has 2 rings (SSSR count). The molecule has 4 N–H and O–H groups in total. The standard InChI is InChI=1S/C18H23N3O3.ClH/c1-4-21(5-2)14-6-7-17(12(3)8-14)20-18(24)19-13-9-15(22)11-16(23)10-13;/h6-11,22-23H,4-5H2,1-3H3,(H2,19,20,24);1H/p-1. The van der Waals surface area contributed by atoms with Gasteiger partial charge in [-0.15, -0.1) is 0 Å². The van der Waals surface area contributed by atoms with Crippen LogP contribution in [-0.2, 0) is 0 Å². The maximum absolute atomic E-state index is 12.1. The normalized spacial score (nSPS) is 9.88. The third-order valence-corrected chi connectivity index (χ3v) is 3.75. The molecule has 7 heteroatoms. The van der Waals surface area contributed by atoms with Crippen molar-refractivity contribution in [3.8, 4) is 11.5 Å². The molecule has 136 valence electrons. The van der Waals surface area contributed by atoms with E-state index in [1.54, 1.807) is 0 Å². The van der Waals surface area contributed by atoms with Gasteiger partial charge < -0.3 is 38.2 Å². The number of nitrogens with zero attached hydrogens (tertiary/aromatic N) is 1. The number of hydrogen-bond acceptors (Lipinski definition) is 4. The van der Waals surface area contributed by atoms with Gasteiger partial charge in [-0.2, -0.15) is 0 Å². The van der Waals surface area contributed by atoms with Crippen molar-refractivity contribution in [2.45, 2.75) is 20.8 Å². The summed E-state index contributed by atoms with van der Waals surface area (Å²) >= 11 is 0. The SMILES string of the molecule is CCN(CC)c1ccc(NC(=O)Nc2cc(O)cc(O)c2)c(C)c1.[Cl-]. The van der Waals surface area contributed by atoms with Gasteiger partial charge in [-0.1, -0.05) is 0 Å². The van der Waals surface area contributed by atoms with Crippen molar-refractivity contribution in [1.82, 2.24) is 0 Å². The summed E-state index contributed by atoms with van der Waals surface area (Å²) < 4.78 is 0. The van der Waals surface area contributed by atoms with E-state index in [0.29, 0.717) is 11.4 Å². The fraction of sp³-hybridized carbons (Fsp3) is 0.278. The summed E-state index contributed by atoms with van der Waals surface area (Å²) in [7, 11) is 0. The van der Waals surface area contributed by atoms with Crippen molar-refractivity contribution in [2.75, 3.05) is 28.6 Å². The minimum absolute atomic E-state index is 0. The lowest BCUT2D eigenvalue weighted by molar-refractivity contribution is -0.0000102. The first-order chi connectivity index (χ1) is 11.4. The van der Waals surface area contributed by atoms with Crippen LogP contribution in [0.2, 0.25) is 0 Å². The van der Waals surface area contributed by atoms with Gasteiger partial charge >= 0.3 is 6.03 Å². The topological polar surface area (TPSA) is 84.8 Å². The molecule has 0 spiro atoms. The van der Waals surface area contributed by atoms with Gasteiger partial charge in [-0.3, -0.25) is 0 Å². The van der Waals surface area contributed by atoms with Crippen LogP contribution in [0.5, 0.6) is 11.5 Å². The molecule has 2 aromatic rings. The van der Waals surface area contributed by atoms with E-state index in [1.165, 1.54) is 18.2 Å². The minimum Gasteiger partial charge on any atom is -1.00 e. The number of amides is 2. The molecule has 0 aliphatic carbocycles. The highest BCUT2D eigenvalue weighted by molar-refractivity contribution is 6.00. The zero-order chi connectivity index (χ0) is 17.7. The summed E-state index contributed by atoms with van der Waals surface area (Å²) in [6.07, 6.45) is 0. The highest BCUT2D eigenvalue weighted by Crippen LogP contribution is 2.25. The third-order valence-electron chi connectivity index (χ3n) is 3.75. The predicted octanol–water partition coefficient (Wildman–Crippen LogP) is 0.900. The molecule has 0 saturated carbocycles. The van der Waals surface area contributed by atoms with Gasteiger partial charge in [0.15, 0.2) is 0 Å². The van der Waals surface area contributed by atoms with Gasteiger partial charge in [0.1, 0.15) is 11.5 Å². The fourth-order valence-corrected chi connectivity index (χ4v) is 2.53. The summed E-state index contributed by atoms with van der Waals surface area (Å²) in [4.78, 5) is 14.3. The van der Waals surface area contributed by atoms with E-state index in [-0.39, 0.29) is 23.9 Å². The van der Waals surface area contributed by atoms with E-state index in [2.05, 4.69) is 29.4 Å². The van der Waals surface area contributed by atoms with Crippen LogP contribution in [0.4, 0.5) is 21.9 Å². The van der Waals surface area contributed by atoms with Gasteiger partial charge in [0.25, 0.3) is 0 Å². The molecule has 6 nitrogen and oxygen atoms in total. The van der Waals surface area contributed by atoms with Gasteiger partial charge in [-0.25, -0.2) is 4.79 Å². The van der Waals surface area contributed by atoms with Crippen LogP contribution in [0.3, 0.4) is 0 Å². The number of phenols is 2. The zero-order valence-electron chi connectivity index (χ0n) is 14.5. The molecule has 0 aliphatic heterocycles. The molecule has 2 amide bonds. The van der Waals surface area contributed by atoms with Crippen LogP contribution < -0.4 is 27.9 Å². The number of aryl methyl sites for hydroxylation is 1. The average molecular weight is 365 g/mol. The number of rotatable bonds is 5. The Morgan fingerprint density at radius 1 is 1.00 bits per heavy atom. The molecule has 0 heterocycles. The Hall–Kier alpha value is -2.60. The minimum atomic E-state index is -0.446. The van der Waals surface area contributed by atoms with Crippen molar-refractivity contribution in [3.05, 3.63) is 42.0 Å². The van der Waals surface area contributed by atoms with Gasteiger partial charge in [0.2, 0.25) is 0 Å². The predicted molar refractivity (Wildman–Crippen MR) is 97.2 cm³/mol. The molecule has 0 unspecified atom stereocenters. The maximum atomic E-state index is 12.1. The van der Waals surface area contributed by atoms with E-state index >= 15 is 0 Å². The Bertz CT molecular complexity index is 713. The molecule has 0 fully saturated rings. The number of urea groups is 1. The van der Waals surface area contributed by atoms with Crippen LogP contribution in [0.25, 0.3) is 0 Å². The molecule has 0 aliphatic rings. The molecule has 0 radical (unpaired) electrons. The monoisotopic (exact) mass is 364 g/mol. The number of phenolic OH excluding ortho intramolecular Hbond substituents is 2. The van der Waals surface area contributed by atoms with Gasteiger partial charge in [-0.05, 0) is 44.5 Å². The second kappa shape index (κ2) is 9.03. The lowest BCUT2D eigenvalue weighted by atomic mass is 10.1. The molecule has 0 saturated heterocycles. The summed E-state index contributed by atoms with van der Waals surface area (Å²) in [6.45, 7) is 7.98. The molecule has 0 atom stereocenters. The first-order valence-electron chi connectivity index (χ1n) is 7.89. The largest absolute Gasteiger partial charge is 1.00 e. The van der Waals surface area contributed by atoms with E-state index in [9.17, 15) is 15.0 Å². The number of hydrogen-bond donors (Lipinski definition) is 4. The van der Waals surface area contributed by atoms with Crippen LogP contribution in [0, 0.1) is 6.92 Å². The molecular weight excluding hydrogens is 342 g/mol. The van der Waals surface area contributed by atoms with Crippen molar-refractivity contribution >= 4 is 23.1 Å². The Morgan fingerprint density at radius 2 is 1.60 bits per heavy atom. The first kappa shape index (κ1) is 20.4. The number of halogens is 1. The summed E-state index contributed by atoms with van der Waals surface area (Å²) in [6, 6.07) is 9.32. The number of nitrogens with one attached hydrogen (secondary N) is 2. The van der Waals surface area contributed by atoms with Gasteiger partial charge in [0, 0.05) is 48.4 Å². The first-order valence-corrected chi connectivity index (χ1v) is 7.89. The van der Waals surface area contributed by atoms with Crippen LogP contribution in [0.1, 0.15) is 19.4 Å². The zero-order valence-corrected chi connectivity index (χ0v) is 15.3. The summed E-state index contributed by atoms with van der Waals surface area (Å²) in [5, 5.41) is 24.2. The Labute approximate surface area is 153 Å². The maximum Gasteiger partial charge on any atom is 0.323 e. The fourth-order valence-electron chi connectivity index (χ4n) is 2.53. The Kier molecular flexibility index (Phi) is 7.39. The Morgan fingerprint density at radius 3 is 2.12 bits per heavy atom. The number of carbonyl (C=O) groups excluding carboxylic acids is 1. The Balaban J connectivity index is 0.00000312. The molecular formula is C18H23ClN3O3-.